The third-order valence-electron chi connectivity index (χ3n) is 8.37. The molecule has 0 aliphatic heterocycles. The van der Waals surface area contributed by atoms with Gasteiger partial charge in [0, 0.05) is 5.39 Å². The Hall–Kier alpha value is -5.04. The molecule has 4 nitrogen and oxygen atoms in total. The van der Waals surface area contributed by atoms with E-state index in [4.69, 9.17) is 4.42 Å². The van der Waals surface area contributed by atoms with Crippen molar-refractivity contribution in [2.45, 2.75) is 21.8 Å². The average Bonchev–Trinajstić information content (AvgIpc) is 3.48. The fourth-order valence-corrected chi connectivity index (χ4v) is 8.89. The Labute approximate surface area is 280 Å². The van der Waals surface area contributed by atoms with Crippen molar-refractivity contribution in [1.82, 2.24) is 0 Å². The van der Waals surface area contributed by atoms with Crippen LogP contribution >= 0.6 is 11.8 Å². The standard InChI is InChI=1S/C41H33NO3S2/c1-30-26-28-35(29-27-30)47(43,44)42-38-36-24-14-15-25-37(36)45-39(38)40(31-16-6-2-7-17-31)46-41(32-18-8-3-9-19-32,33-20-10-4-11-21-33)34-22-12-5-13-23-34/h2-29,40,42H,1H3. The average molecular weight is 652 g/mol. The highest BCUT2D eigenvalue weighted by molar-refractivity contribution is 8.01. The second kappa shape index (κ2) is 13.0. The van der Waals surface area contributed by atoms with Crippen molar-refractivity contribution >= 4 is 38.4 Å². The van der Waals surface area contributed by atoms with Gasteiger partial charge in [0.2, 0.25) is 0 Å². The second-order valence-corrected chi connectivity index (χ2v) is 14.4. The fourth-order valence-electron chi connectivity index (χ4n) is 6.07. The van der Waals surface area contributed by atoms with E-state index in [-0.39, 0.29) is 4.90 Å². The van der Waals surface area contributed by atoms with Gasteiger partial charge in [0.25, 0.3) is 10.0 Å². The van der Waals surface area contributed by atoms with Crippen molar-refractivity contribution in [2.75, 3.05) is 4.72 Å². The van der Waals surface area contributed by atoms with Crippen LogP contribution in [0.15, 0.2) is 179 Å². The molecule has 1 atom stereocenters. The molecule has 7 rings (SSSR count). The molecule has 6 heteroatoms. The summed E-state index contributed by atoms with van der Waals surface area (Å²) in [5.74, 6) is 0.533. The smallest absolute Gasteiger partial charge is 0.262 e. The highest BCUT2D eigenvalue weighted by atomic mass is 32.2. The summed E-state index contributed by atoms with van der Waals surface area (Å²) >= 11 is 1.73. The lowest BCUT2D eigenvalue weighted by atomic mass is 9.84. The molecule has 0 radical (unpaired) electrons. The minimum absolute atomic E-state index is 0.190. The first-order chi connectivity index (χ1) is 23.0. The Morgan fingerprint density at radius 2 is 1.06 bits per heavy atom. The predicted octanol–water partition coefficient (Wildman–Crippen LogP) is 10.4. The van der Waals surface area contributed by atoms with Gasteiger partial charge in [-0.1, -0.05) is 151 Å². The molecule has 232 valence electrons. The molecule has 7 aromatic rings. The van der Waals surface area contributed by atoms with Gasteiger partial charge < -0.3 is 4.42 Å². The zero-order chi connectivity index (χ0) is 32.3. The van der Waals surface area contributed by atoms with Crippen molar-refractivity contribution in [2.24, 2.45) is 0 Å². The van der Waals surface area contributed by atoms with Crippen molar-refractivity contribution in [1.29, 1.82) is 0 Å². The summed E-state index contributed by atoms with van der Waals surface area (Å²) in [6.45, 7) is 1.94. The van der Waals surface area contributed by atoms with E-state index in [1.807, 2.05) is 67.6 Å². The number of furan rings is 1. The Morgan fingerprint density at radius 3 is 1.60 bits per heavy atom. The van der Waals surface area contributed by atoms with Gasteiger partial charge in [0.05, 0.1) is 20.6 Å². The van der Waals surface area contributed by atoms with Crippen LogP contribution in [-0.2, 0) is 14.8 Å². The largest absolute Gasteiger partial charge is 0.457 e. The molecule has 1 unspecified atom stereocenters. The Morgan fingerprint density at radius 1 is 0.596 bits per heavy atom. The number of anilines is 1. The van der Waals surface area contributed by atoms with E-state index in [1.165, 1.54) is 0 Å². The topological polar surface area (TPSA) is 59.3 Å². The van der Waals surface area contributed by atoms with Crippen LogP contribution in [-0.4, -0.2) is 8.42 Å². The summed E-state index contributed by atoms with van der Waals surface area (Å²) in [7, 11) is -3.95. The zero-order valence-electron chi connectivity index (χ0n) is 25.8. The summed E-state index contributed by atoms with van der Waals surface area (Å²) in [5, 5.41) is 0.268. The molecule has 0 aliphatic rings. The van der Waals surface area contributed by atoms with Gasteiger partial charge in [-0.2, -0.15) is 0 Å². The molecule has 0 fully saturated rings. The maximum atomic E-state index is 14.0. The number of para-hydroxylation sites is 1. The maximum absolute atomic E-state index is 14.0. The minimum atomic E-state index is -3.95. The molecule has 6 aromatic carbocycles. The van der Waals surface area contributed by atoms with E-state index in [9.17, 15) is 8.42 Å². The molecule has 0 amide bonds. The normalized spacial score (nSPS) is 12.5. The zero-order valence-corrected chi connectivity index (χ0v) is 27.4. The van der Waals surface area contributed by atoms with Gasteiger partial charge in [0.1, 0.15) is 11.3 Å². The number of hydrogen-bond donors (Lipinski definition) is 1. The van der Waals surface area contributed by atoms with Crippen molar-refractivity contribution < 1.29 is 12.8 Å². The Bertz CT molecular complexity index is 2100. The third-order valence-corrected chi connectivity index (χ3v) is 11.5. The van der Waals surface area contributed by atoms with E-state index < -0.39 is 20.0 Å². The van der Waals surface area contributed by atoms with Crippen LogP contribution in [0.3, 0.4) is 0 Å². The molecule has 47 heavy (non-hydrogen) atoms. The number of sulfonamides is 1. The molecular formula is C41H33NO3S2. The molecule has 0 bridgehead atoms. The highest BCUT2D eigenvalue weighted by Gasteiger charge is 2.42. The minimum Gasteiger partial charge on any atom is -0.457 e. The number of fused-ring (bicyclic) bond motifs is 1. The lowest BCUT2D eigenvalue weighted by molar-refractivity contribution is 0.559. The number of nitrogens with one attached hydrogen (secondary N) is 1. The summed E-state index contributed by atoms with van der Waals surface area (Å²) in [5.41, 5.74) is 6.31. The third kappa shape index (κ3) is 5.98. The highest BCUT2D eigenvalue weighted by Crippen LogP contribution is 2.57. The predicted molar refractivity (Wildman–Crippen MR) is 193 cm³/mol. The summed E-state index contributed by atoms with van der Waals surface area (Å²) in [4.78, 5) is 0.190. The molecule has 1 heterocycles. The molecule has 0 saturated heterocycles. The van der Waals surface area contributed by atoms with Crippen LogP contribution in [0, 0.1) is 6.92 Å². The van der Waals surface area contributed by atoms with Crippen LogP contribution < -0.4 is 4.72 Å². The molecule has 1 N–H and O–H groups in total. The van der Waals surface area contributed by atoms with Crippen LogP contribution in [0.5, 0.6) is 0 Å². The van der Waals surface area contributed by atoms with Gasteiger partial charge in [-0.3, -0.25) is 4.72 Å². The lowest BCUT2D eigenvalue weighted by Gasteiger charge is -2.38. The molecule has 1 aromatic heterocycles. The van der Waals surface area contributed by atoms with Crippen molar-refractivity contribution in [3.05, 3.63) is 203 Å². The van der Waals surface area contributed by atoms with Crippen LogP contribution in [0.1, 0.15) is 38.8 Å². The Kier molecular flexibility index (Phi) is 8.46. The summed E-state index contributed by atoms with van der Waals surface area (Å²) in [6.07, 6.45) is 0. The van der Waals surface area contributed by atoms with Crippen LogP contribution in [0.25, 0.3) is 11.0 Å². The first kappa shape index (κ1) is 30.6. The van der Waals surface area contributed by atoms with Crippen LogP contribution in [0.2, 0.25) is 0 Å². The number of hydrogen-bond acceptors (Lipinski definition) is 4. The van der Waals surface area contributed by atoms with Gasteiger partial charge in [-0.05, 0) is 53.4 Å². The molecular weight excluding hydrogens is 619 g/mol. The van der Waals surface area contributed by atoms with E-state index in [0.717, 1.165) is 27.8 Å². The SMILES string of the molecule is Cc1ccc(S(=O)(=O)Nc2c(C(SC(c3ccccc3)(c3ccccc3)c3ccccc3)c3ccccc3)oc3ccccc23)cc1. The quantitative estimate of drug-likeness (QED) is 0.150. The number of thioether (sulfide) groups is 1. The van der Waals surface area contributed by atoms with Gasteiger partial charge in [-0.25, -0.2) is 8.42 Å². The van der Waals surface area contributed by atoms with Gasteiger partial charge >= 0.3 is 0 Å². The van der Waals surface area contributed by atoms with E-state index in [0.29, 0.717) is 22.4 Å². The van der Waals surface area contributed by atoms with Crippen LogP contribution in [0.4, 0.5) is 5.69 Å². The summed E-state index contributed by atoms with van der Waals surface area (Å²) in [6, 6.07) is 56.1. The lowest BCUT2D eigenvalue weighted by Crippen LogP contribution is -2.27. The first-order valence-corrected chi connectivity index (χ1v) is 17.8. The van der Waals surface area contributed by atoms with Crippen molar-refractivity contribution in [3.8, 4) is 0 Å². The molecule has 0 saturated carbocycles. The number of aryl methyl sites for hydroxylation is 1. The monoisotopic (exact) mass is 651 g/mol. The molecule has 0 spiro atoms. The number of benzene rings is 6. The first-order valence-electron chi connectivity index (χ1n) is 15.5. The van der Waals surface area contributed by atoms with E-state index in [1.54, 1.807) is 36.0 Å². The van der Waals surface area contributed by atoms with Gasteiger partial charge in [0.15, 0.2) is 0 Å². The maximum Gasteiger partial charge on any atom is 0.262 e. The second-order valence-electron chi connectivity index (χ2n) is 11.4. The van der Waals surface area contributed by atoms with E-state index in [2.05, 4.69) is 89.7 Å². The van der Waals surface area contributed by atoms with E-state index >= 15 is 0 Å². The Balaban J connectivity index is 1.49. The number of rotatable bonds is 10. The molecule has 0 aliphatic carbocycles. The van der Waals surface area contributed by atoms with Crippen molar-refractivity contribution in [3.63, 3.8) is 0 Å². The fraction of sp³-hybridized carbons (Fsp3) is 0.0732. The van der Waals surface area contributed by atoms with Gasteiger partial charge in [-0.15, -0.1) is 11.8 Å². The summed E-state index contributed by atoms with van der Waals surface area (Å²) < 4.78 is 36.9.